The lowest BCUT2D eigenvalue weighted by Crippen LogP contribution is -1.99. The SMILES string of the molecule is c1ccc(-c2cccc(-c3nc(-c4ccccc4)nc4c5ccccc5n(-c5ccccc5)c34)c2)cc1. The highest BCUT2D eigenvalue weighted by atomic mass is 15.0. The molecule has 7 rings (SSSR count). The van der Waals surface area contributed by atoms with E-state index in [0.717, 1.165) is 55.8 Å². The number of rotatable bonds is 4. The number of hydrogen-bond acceptors (Lipinski definition) is 2. The van der Waals surface area contributed by atoms with E-state index in [0.29, 0.717) is 0 Å². The minimum Gasteiger partial charge on any atom is -0.306 e. The maximum absolute atomic E-state index is 5.23. The molecule has 0 aliphatic rings. The van der Waals surface area contributed by atoms with Gasteiger partial charge in [0.05, 0.1) is 16.7 Å². The molecule has 0 saturated carbocycles. The van der Waals surface area contributed by atoms with Crippen LogP contribution in [0.15, 0.2) is 140 Å². The van der Waals surface area contributed by atoms with Crippen molar-refractivity contribution in [2.45, 2.75) is 0 Å². The van der Waals surface area contributed by atoms with Crippen molar-refractivity contribution in [3.63, 3.8) is 0 Å². The van der Waals surface area contributed by atoms with Gasteiger partial charge in [-0.2, -0.15) is 0 Å². The average Bonchev–Trinajstić information content (AvgIpc) is 3.32. The van der Waals surface area contributed by atoms with Crippen LogP contribution in [0, 0.1) is 0 Å². The molecule has 0 radical (unpaired) electrons. The van der Waals surface area contributed by atoms with Crippen molar-refractivity contribution in [2.75, 3.05) is 0 Å². The minimum absolute atomic E-state index is 0.726. The Morgan fingerprint density at radius 3 is 1.81 bits per heavy atom. The maximum atomic E-state index is 5.23. The summed E-state index contributed by atoms with van der Waals surface area (Å²) in [5, 5.41) is 1.11. The van der Waals surface area contributed by atoms with E-state index in [-0.39, 0.29) is 0 Å². The van der Waals surface area contributed by atoms with E-state index in [1.807, 2.05) is 30.3 Å². The van der Waals surface area contributed by atoms with E-state index in [4.69, 9.17) is 9.97 Å². The van der Waals surface area contributed by atoms with E-state index < -0.39 is 0 Å². The zero-order valence-electron chi connectivity index (χ0n) is 20.1. The van der Waals surface area contributed by atoms with Crippen LogP contribution >= 0.6 is 0 Å². The normalized spacial score (nSPS) is 11.2. The Morgan fingerprint density at radius 2 is 1.05 bits per heavy atom. The standard InChI is InChI=1S/C34H23N3/c1-4-13-24(14-5-1)26-17-12-18-27(23-26)31-33-32(36-34(35-31)25-15-6-2-7-16-25)29-21-10-11-22-30(29)37(33)28-19-8-3-9-20-28/h1-23H. The molecule has 0 aliphatic heterocycles. The van der Waals surface area contributed by atoms with Crippen molar-refractivity contribution < 1.29 is 0 Å². The first-order valence-corrected chi connectivity index (χ1v) is 12.4. The molecule has 3 heteroatoms. The topological polar surface area (TPSA) is 30.7 Å². The molecule has 37 heavy (non-hydrogen) atoms. The van der Waals surface area contributed by atoms with Gasteiger partial charge in [0.25, 0.3) is 0 Å². The quantitative estimate of drug-likeness (QED) is 0.256. The van der Waals surface area contributed by atoms with Gasteiger partial charge < -0.3 is 4.57 Å². The van der Waals surface area contributed by atoms with Crippen LogP contribution in [0.25, 0.3) is 61.4 Å². The van der Waals surface area contributed by atoms with E-state index in [1.165, 1.54) is 5.56 Å². The first kappa shape index (κ1) is 21.3. The summed E-state index contributed by atoms with van der Waals surface area (Å²) in [5.41, 5.74) is 9.49. The Labute approximate surface area is 215 Å². The number of aromatic nitrogens is 3. The summed E-state index contributed by atoms with van der Waals surface area (Å²) in [6.07, 6.45) is 0. The molecule has 7 aromatic rings. The molecule has 0 N–H and O–H groups in total. The molecule has 2 aromatic heterocycles. The minimum atomic E-state index is 0.726. The largest absolute Gasteiger partial charge is 0.306 e. The number of fused-ring (bicyclic) bond motifs is 3. The lowest BCUT2D eigenvalue weighted by molar-refractivity contribution is 1.15. The van der Waals surface area contributed by atoms with Crippen LogP contribution in [0.5, 0.6) is 0 Å². The van der Waals surface area contributed by atoms with Crippen LogP contribution in [-0.2, 0) is 0 Å². The molecule has 0 unspecified atom stereocenters. The lowest BCUT2D eigenvalue weighted by Gasteiger charge is -2.13. The second kappa shape index (κ2) is 8.89. The highest BCUT2D eigenvalue weighted by molar-refractivity contribution is 6.11. The fourth-order valence-corrected chi connectivity index (χ4v) is 5.08. The molecule has 0 amide bonds. The highest BCUT2D eigenvalue weighted by Crippen LogP contribution is 2.38. The van der Waals surface area contributed by atoms with Gasteiger partial charge in [-0.1, -0.05) is 115 Å². The lowest BCUT2D eigenvalue weighted by atomic mass is 10.0. The average molecular weight is 474 g/mol. The number of nitrogens with zero attached hydrogens (tertiary/aromatic N) is 3. The van der Waals surface area contributed by atoms with Gasteiger partial charge in [0, 0.05) is 22.2 Å². The van der Waals surface area contributed by atoms with Crippen LogP contribution in [0.1, 0.15) is 0 Å². The van der Waals surface area contributed by atoms with Gasteiger partial charge in [-0.05, 0) is 35.4 Å². The van der Waals surface area contributed by atoms with Crippen molar-refractivity contribution in [2.24, 2.45) is 0 Å². The van der Waals surface area contributed by atoms with Gasteiger partial charge in [0.15, 0.2) is 5.82 Å². The molecule has 5 aromatic carbocycles. The second-order valence-corrected chi connectivity index (χ2v) is 9.09. The van der Waals surface area contributed by atoms with E-state index in [9.17, 15) is 0 Å². The molecule has 0 aliphatic carbocycles. The smallest absolute Gasteiger partial charge is 0.160 e. The summed E-state index contributed by atoms with van der Waals surface area (Å²) in [5.74, 6) is 0.726. The van der Waals surface area contributed by atoms with Crippen molar-refractivity contribution >= 4 is 21.9 Å². The highest BCUT2D eigenvalue weighted by Gasteiger charge is 2.21. The van der Waals surface area contributed by atoms with Gasteiger partial charge >= 0.3 is 0 Å². The predicted octanol–water partition coefficient (Wildman–Crippen LogP) is 8.57. The zero-order chi connectivity index (χ0) is 24.6. The monoisotopic (exact) mass is 473 g/mol. The Morgan fingerprint density at radius 1 is 0.459 bits per heavy atom. The first-order valence-electron chi connectivity index (χ1n) is 12.4. The zero-order valence-corrected chi connectivity index (χ0v) is 20.1. The van der Waals surface area contributed by atoms with E-state index in [2.05, 4.69) is 114 Å². The van der Waals surface area contributed by atoms with Gasteiger partial charge in [-0.3, -0.25) is 0 Å². The molecular weight excluding hydrogens is 450 g/mol. The summed E-state index contributed by atoms with van der Waals surface area (Å²) in [4.78, 5) is 10.4. The maximum Gasteiger partial charge on any atom is 0.160 e. The van der Waals surface area contributed by atoms with Gasteiger partial charge in [-0.25, -0.2) is 9.97 Å². The molecule has 0 bridgehead atoms. The second-order valence-electron chi connectivity index (χ2n) is 9.09. The molecule has 0 fully saturated rings. The Bertz CT molecular complexity index is 1850. The summed E-state index contributed by atoms with van der Waals surface area (Å²) < 4.78 is 2.30. The van der Waals surface area contributed by atoms with Gasteiger partial charge in [0.1, 0.15) is 5.52 Å². The van der Waals surface area contributed by atoms with Gasteiger partial charge in [-0.15, -0.1) is 0 Å². The number of para-hydroxylation sites is 2. The fourth-order valence-electron chi connectivity index (χ4n) is 5.08. The number of benzene rings is 5. The molecule has 0 atom stereocenters. The fraction of sp³-hybridized carbons (Fsp3) is 0. The molecule has 0 saturated heterocycles. The summed E-state index contributed by atoms with van der Waals surface area (Å²) in [6.45, 7) is 0. The molecule has 0 spiro atoms. The summed E-state index contributed by atoms with van der Waals surface area (Å²) in [7, 11) is 0. The number of hydrogen-bond donors (Lipinski definition) is 0. The van der Waals surface area contributed by atoms with Crippen molar-refractivity contribution in [3.8, 4) is 39.5 Å². The molecule has 174 valence electrons. The Hall–Kier alpha value is -5.02. The summed E-state index contributed by atoms with van der Waals surface area (Å²) in [6, 6.07) is 48.3. The third-order valence-electron chi connectivity index (χ3n) is 6.80. The third kappa shape index (κ3) is 3.69. The van der Waals surface area contributed by atoms with Crippen LogP contribution in [0.3, 0.4) is 0 Å². The van der Waals surface area contributed by atoms with Crippen LogP contribution in [0.2, 0.25) is 0 Å². The molecule has 3 nitrogen and oxygen atoms in total. The summed E-state index contributed by atoms with van der Waals surface area (Å²) >= 11 is 0. The van der Waals surface area contributed by atoms with Crippen LogP contribution < -0.4 is 0 Å². The Kier molecular flexibility index (Phi) is 5.11. The third-order valence-corrected chi connectivity index (χ3v) is 6.80. The van der Waals surface area contributed by atoms with Crippen molar-refractivity contribution in [1.82, 2.24) is 14.5 Å². The van der Waals surface area contributed by atoms with Crippen molar-refractivity contribution in [3.05, 3.63) is 140 Å². The van der Waals surface area contributed by atoms with E-state index >= 15 is 0 Å². The van der Waals surface area contributed by atoms with E-state index in [1.54, 1.807) is 0 Å². The van der Waals surface area contributed by atoms with Crippen LogP contribution in [-0.4, -0.2) is 14.5 Å². The predicted molar refractivity (Wildman–Crippen MR) is 153 cm³/mol. The first-order chi connectivity index (χ1) is 18.4. The molecule has 2 heterocycles. The van der Waals surface area contributed by atoms with Gasteiger partial charge in [0.2, 0.25) is 0 Å². The van der Waals surface area contributed by atoms with Crippen LogP contribution in [0.4, 0.5) is 0 Å². The Balaban J connectivity index is 1.60. The molecular formula is C34H23N3. The van der Waals surface area contributed by atoms with Crippen molar-refractivity contribution in [1.29, 1.82) is 0 Å².